The molecule has 1 aliphatic carbocycles. The van der Waals surface area contributed by atoms with Crippen LogP contribution >= 0.6 is 0 Å². The monoisotopic (exact) mass is 177 g/mol. The summed E-state index contributed by atoms with van der Waals surface area (Å²) in [6.45, 7) is 6.07. The molecule has 0 saturated carbocycles. The number of hydrogen-bond acceptors (Lipinski definition) is 1. The van der Waals surface area contributed by atoms with Gasteiger partial charge in [-0.2, -0.15) is 4.79 Å². The molecular weight excluding hydrogens is 162 g/mol. The Morgan fingerprint density at radius 2 is 2.15 bits per heavy atom. The van der Waals surface area contributed by atoms with E-state index in [4.69, 9.17) is 5.53 Å². The molecule has 3 nitrogen and oxygen atoms in total. The average molecular weight is 177 g/mol. The predicted octanol–water partition coefficient (Wildman–Crippen LogP) is 1.84. The highest BCUT2D eigenvalue weighted by Gasteiger charge is 2.20. The van der Waals surface area contributed by atoms with E-state index in [1.165, 1.54) is 0 Å². The Morgan fingerprint density at radius 3 is 2.69 bits per heavy atom. The van der Waals surface area contributed by atoms with Crippen LogP contribution in [0.3, 0.4) is 0 Å². The third-order valence-electron chi connectivity index (χ3n) is 2.22. The number of rotatable bonds is 3. The van der Waals surface area contributed by atoms with Gasteiger partial charge in [-0.15, -0.1) is 0 Å². The van der Waals surface area contributed by atoms with E-state index in [0.717, 1.165) is 30.9 Å². The zero-order chi connectivity index (χ0) is 9.68. The molecule has 0 aromatic rings. The summed E-state index contributed by atoms with van der Waals surface area (Å²) in [7, 11) is 0. The van der Waals surface area contributed by atoms with E-state index in [-0.39, 0.29) is 0 Å². The minimum Gasteiger partial charge on any atom is -0.366 e. The highest BCUT2D eigenvalue weighted by Crippen LogP contribution is 2.12. The minimum atomic E-state index is 0.721. The fourth-order valence-corrected chi connectivity index (χ4v) is 1.48. The van der Waals surface area contributed by atoms with E-state index >= 15 is 0 Å². The summed E-state index contributed by atoms with van der Waals surface area (Å²) in [5, 5.41) is 0. The third-order valence-corrected chi connectivity index (χ3v) is 2.22. The fraction of sp³-hybridized carbons (Fsp3) is 0.500. The number of allylic oxidation sites excluding steroid dienone is 4. The number of hydrogen-bond donors (Lipinski definition) is 0. The Bertz CT molecular complexity index is 279. The first-order valence-electron chi connectivity index (χ1n) is 4.66. The van der Waals surface area contributed by atoms with Crippen LogP contribution < -0.4 is 0 Å². The molecule has 0 bridgehead atoms. The van der Waals surface area contributed by atoms with E-state index in [1.807, 2.05) is 18.2 Å². The Kier molecular flexibility index (Phi) is 3.47. The van der Waals surface area contributed by atoms with Gasteiger partial charge in [-0.3, -0.25) is 0 Å². The van der Waals surface area contributed by atoms with E-state index in [1.54, 1.807) is 0 Å². The summed E-state index contributed by atoms with van der Waals surface area (Å²) >= 11 is 0. The summed E-state index contributed by atoms with van der Waals surface area (Å²) in [6, 6.07) is 0. The fourth-order valence-electron chi connectivity index (χ4n) is 1.48. The van der Waals surface area contributed by atoms with Gasteiger partial charge in [-0.25, -0.2) is 0 Å². The van der Waals surface area contributed by atoms with Gasteiger partial charge in [0.25, 0.3) is 0 Å². The average Bonchev–Trinajstić information content (AvgIpc) is 2.20. The maximum absolute atomic E-state index is 8.79. The molecular formula is C10H15N3. The molecule has 0 atom stereocenters. The molecule has 0 amide bonds. The zero-order valence-corrected chi connectivity index (χ0v) is 8.20. The molecule has 0 spiro atoms. The van der Waals surface area contributed by atoms with Gasteiger partial charge >= 0.3 is 5.71 Å². The molecule has 0 aliphatic heterocycles. The van der Waals surface area contributed by atoms with Crippen molar-refractivity contribution in [1.82, 2.24) is 4.90 Å². The Labute approximate surface area is 79.0 Å². The molecule has 13 heavy (non-hydrogen) atoms. The van der Waals surface area contributed by atoms with Gasteiger partial charge < -0.3 is 10.4 Å². The Morgan fingerprint density at radius 1 is 1.46 bits per heavy atom. The van der Waals surface area contributed by atoms with E-state index in [9.17, 15) is 0 Å². The number of nitrogens with zero attached hydrogens (tertiary/aromatic N) is 3. The van der Waals surface area contributed by atoms with Crippen molar-refractivity contribution < 1.29 is 4.79 Å². The second-order valence-electron chi connectivity index (χ2n) is 2.90. The van der Waals surface area contributed by atoms with Crippen molar-refractivity contribution in [2.24, 2.45) is 0 Å². The van der Waals surface area contributed by atoms with Crippen molar-refractivity contribution >= 4 is 5.71 Å². The van der Waals surface area contributed by atoms with Crippen LogP contribution in [0.25, 0.3) is 5.53 Å². The highest BCUT2D eigenvalue weighted by molar-refractivity contribution is 5.97. The van der Waals surface area contributed by atoms with Crippen LogP contribution in [0.1, 0.15) is 20.3 Å². The van der Waals surface area contributed by atoms with Gasteiger partial charge in [-0.1, -0.05) is 12.2 Å². The van der Waals surface area contributed by atoms with Gasteiger partial charge in [0, 0.05) is 13.1 Å². The Balaban J connectivity index is 2.92. The summed E-state index contributed by atoms with van der Waals surface area (Å²) in [4.78, 5) is 5.48. The normalized spacial score (nSPS) is 15.2. The molecule has 0 saturated heterocycles. The Hall–Kier alpha value is -1.34. The van der Waals surface area contributed by atoms with Crippen LogP contribution in [0, 0.1) is 0 Å². The largest absolute Gasteiger partial charge is 0.366 e. The van der Waals surface area contributed by atoms with Crippen LogP contribution in [0.15, 0.2) is 23.9 Å². The maximum atomic E-state index is 8.79. The third kappa shape index (κ3) is 2.07. The van der Waals surface area contributed by atoms with Crippen molar-refractivity contribution in [3.8, 4) is 0 Å². The van der Waals surface area contributed by atoms with Gasteiger partial charge in [-0.05, 0) is 19.9 Å². The van der Waals surface area contributed by atoms with Crippen molar-refractivity contribution in [2.45, 2.75) is 20.3 Å². The molecule has 0 fully saturated rings. The van der Waals surface area contributed by atoms with Gasteiger partial charge in [0.2, 0.25) is 0 Å². The molecule has 0 heterocycles. The van der Waals surface area contributed by atoms with E-state index in [2.05, 4.69) is 23.5 Å². The lowest BCUT2D eigenvalue weighted by atomic mass is 10.1. The lowest BCUT2D eigenvalue weighted by molar-refractivity contribution is -0.00869. The second kappa shape index (κ2) is 4.63. The molecule has 0 unspecified atom stereocenters. The quantitative estimate of drug-likeness (QED) is 0.479. The lowest BCUT2D eigenvalue weighted by Gasteiger charge is -2.21. The maximum Gasteiger partial charge on any atom is 0.318 e. The molecule has 1 aliphatic rings. The van der Waals surface area contributed by atoms with Crippen LogP contribution in [0.4, 0.5) is 0 Å². The summed E-state index contributed by atoms with van der Waals surface area (Å²) < 4.78 is 0. The standard InChI is InChI=1S/C10H15N3/c1-3-13(4-2)10-8-6-5-7-9(10)12-11/h5-6,8H,3-4,7H2,1-2H3. The smallest absolute Gasteiger partial charge is 0.318 e. The van der Waals surface area contributed by atoms with Crippen LogP contribution in [-0.2, 0) is 0 Å². The second-order valence-corrected chi connectivity index (χ2v) is 2.90. The van der Waals surface area contributed by atoms with Crippen LogP contribution in [-0.4, -0.2) is 28.5 Å². The molecule has 0 N–H and O–H groups in total. The molecule has 1 rings (SSSR count). The van der Waals surface area contributed by atoms with Crippen molar-refractivity contribution in [3.63, 3.8) is 0 Å². The van der Waals surface area contributed by atoms with Crippen LogP contribution in [0.5, 0.6) is 0 Å². The van der Waals surface area contributed by atoms with Crippen LogP contribution in [0.2, 0.25) is 0 Å². The first-order valence-corrected chi connectivity index (χ1v) is 4.66. The molecule has 0 aromatic heterocycles. The summed E-state index contributed by atoms with van der Waals surface area (Å²) in [5.41, 5.74) is 10.6. The summed E-state index contributed by atoms with van der Waals surface area (Å²) in [6.07, 6.45) is 6.70. The predicted molar refractivity (Wildman–Crippen MR) is 53.4 cm³/mol. The summed E-state index contributed by atoms with van der Waals surface area (Å²) in [5.74, 6) is 0. The van der Waals surface area contributed by atoms with Crippen molar-refractivity contribution in [3.05, 3.63) is 29.5 Å². The molecule has 70 valence electrons. The topological polar surface area (TPSA) is 39.6 Å². The molecule has 0 radical (unpaired) electrons. The lowest BCUT2D eigenvalue weighted by Crippen LogP contribution is -2.28. The van der Waals surface area contributed by atoms with Gasteiger partial charge in [0.1, 0.15) is 5.70 Å². The minimum absolute atomic E-state index is 0.721. The van der Waals surface area contributed by atoms with E-state index < -0.39 is 0 Å². The SMILES string of the molecule is CCN(CC)C1=CC=CCC1=[N+]=[N-]. The zero-order valence-electron chi connectivity index (χ0n) is 8.20. The highest BCUT2D eigenvalue weighted by atomic mass is 15.1. The van der Waals surface area contributed by atoms with Gasteiger partial charge in [0.05, 0.1) is 6.42 Å². The van der Waals surface area contributed by atoms with E-state index in [0.29, 0.717) is 0 Å². The van der Waals surface area contributed by atoms with Crippen molar-refractivity contribution in [1.29, 1.82) is 0 Å². The molecule has 3 heteroatoms. The first-order chi connectivity index (χ1) is 6.33. The molecule has 0 aromatic carbocycles. The van der Waals surface area contributed by atoms with Gasteiger partial charge in [0.15, 0.2) is 0 Å². The van der Waals surface area contributed by atoms with Crippen molar-refractivity contribution in [2.75, 3.05) is 13.1 Å². The first kappa shape index (κ1) is 9.75.